The lowest BCUT2D eigenvalue weighted by Crippen LogP contribution is -2.15. The van der Waals surface area contributed by atoms with Crippen molar-refractivity contribution in [2.45, 2.75) is 76.9 Å². The highest BCUT2D eigenvalue weighted by Gasteiger charge is 2.09. The van der Waals surface area contributed by atoms with Gasteiger partial charge >= 0.3 is 0 Å². The summed E-state index contributed by atoms with van der Waals surface area (Å²) < 4.78 is 4.89. The summed E-state index contributed by atoms with van der Waals surface area (Å²) in [6.07, 6.45) is 5.79. The van der Waals surface area contributed by atoms with Gasteiger partial charge in [0.1, 0.15) is 5.78 Å². The van der Waals surface area contributed by atoms with Crippen LogP contribution >= 0.6 is 0 Å². The highest BCUT2D eigenvalue weighted by atomic mass is 16.5. The maximum absolute atomic E-state index is 11.3. The summed E-state index contributed by atoms with van der Waals surface area (Å²) in [5, 5.41) is 19.4. The molecule has 4 heteroatoms. The monoisotopic (exact) mass is 274 g/mol. The van der Waals surface area contributed by atoms with Crippen LogP contribution in [0, 0.1) is 0 Å². The predicted octanol–water partition coefficient (Wildman–Crippen LogP) is 2.45. The summed E-state index contributed by atoms with van der Waals surface area (Å²) in [7, 11) is 1.61. The first-order chi connectivity index (χ1) is 9.10. The van der Waals surface area contributed by atoms with Crippen LogP contribution < -0.4 is 0 Å². The molecule has 0 spiro atoms. The summed E-state index contributed by atoms with van der Waals surface area (Å²) >= 11 is 0. The van der Waals surface area contributed by atoms with Crippen LogP contribution in [-0.2, 0) is 9.53 Å². The van der Waals surface area contributed by atoms with Crippen molar-refractivity contribution in [3.05, 3.63) is 0 Å². The van der Waals surface area contributed by atoms with Crippen molar-refractivity contribution in [3.8, 4) is 0 Å². The second-order valence-corrected chi connectivity index (χ2v) is 5.20. The minimum atomic E-state index is -0.388. The van der Waals surface area contributed by atoms with Gasteiger partial charge in [0.2, 0.25) is 0 Å². The molecule has 0 saturated heterocycles. The highest BCUT2D eigenvalue weighted by molar-refractivity contribution is 5.78. The molecule has 0 rings (SSSR count). The second-order valence-electron chi connectivity index (χ2n) is 5.20. The first-order valence-corrected chi connectivity index (χ1v) is 7.46. The Labute approximate surface area is 117 Å². The lowest BCUT2D eigenvalue weighted by Gasteiger charge is -2.13. The Kier molecular flexibility index (Phi) is 12.3. The number of ketones is 1. The largest absolute Gasteiger partial charge is 0.393 e. The van der Waals surface area contributed by atoms with Crippen LogP contribution in [0.3, 0.4) is 0 Å². The van der Waals surface area contributed by atoms with Gasteiger partial charge in [0, 0.05) is 26.6 Å². The molecule has 2 atom stereocenters. The van der Waals surface area contributed by atoms with Crippen LogP contribution in [0.1, 0.15) is 64.7 Å². The SMILES string of the molecule is CCCC(=O)CCCCC(O)CCC(O)CCOC. The average molecular weight is 274 g/mol. The van der Waals surface area contributed by atoms with Crippen LogP contribution in [-0.4, -0.2) is 41.9 Å². The molecule has 0 radical (unpaired) electrons. The molecule has 0 amide bonds. The molecule has 0 aliphatic carbocycles. The Balaban J connectivity index is 3.43. The highest BCUT2D eigenvalue weighted by Crippen LogP contribution is 2.12. The predicted molar refractivity (Wildman–Crippen MR) is 76.1 cm³/mol. The van der Waals surface area contributed by atoms with Gasteiger partial charge in [-0.15, -0.1) is 0 Å². The fraction of sp³-hybridized carbons (Fsp3) is 0.933. The Hall–Kier alpha value is -0.450. The topological polar surface area (TPSA) is 66.8 Å². The summed E-state index contributed by atoms with van der Waals surface area (Å²) in [5.74, 6) is 0.326. The van der Waals surface area contributed by atoms with Crippen molar-refractivity contribution in [2.75, 3.05) is 13.7 Å². The van der Waals surface area contributed by atoms with Crippen molar-refractivity contribution >= 4 is 5.78 Å². The molecule has 0 aliphatic heterocycles. The Morgan fingerprint density at radius 1 is 1.00 bits per heavy atom. The van der Waals surface area contributed by atoms with Gasteiger partial charge in [-0.05, 0) is 38.5 Å². The Morgan fingerprint density at radius 2 is 1.63 bits per heavy atom. The molecular formula is C15H30O4. The molecule has 2 N–H and O–H groups in total. The van der Waals surface area contributed by atoms with E-state index in [2.05, 4.69) is 0 Å². The molecule has 0 saturated carbocycles. The lowest BCUT2D eigenvalue weighted by molar-refractivity contribution is -0.119. The molecule has 0 bridgehead atoms. The smallest absolute Gasteiger partial charge is 0.132 e. The maximum atomic E-state index is 11.3. The van der Waals surface area contributed by atoms with Crippen molar-refractivity contribution in [3.63, 3.8) is 0 Å². The number of hydrogen-bond donors (Lipinski definition) is 2. The molecule has 0 aliphatic rings. The summed E-state index contributed by atoms with van der Waals surface area (Å²) in [6.45, 7) is 2.56. The maximum Gasteiger partial charge on any atom is 0.132 e. The van der Waals surface area contributed by atoms with E-state index >= 15 is 0 Å². The minimum absolute atomic E-state index is 0.326. The van der Waals surface area contributed by atoms with Gasteiger partial charge in [0.25, 0.3) is 0 Å². The second kappa shape index (κ2) is 12.6. The molecule has 4 nitrogen and oxygen atoms in total. The van der Waals surface area contributed by atoms with Crippen LogP contribution in [0.25, 0.3) is 0 Å². The number of carbonyl (C=O) groups excluding carboxylic acids is 1. The van der Waals surface area contributed by atoms with Crippen LogP contribution in [0.2, 0.25) is 0 Å². The van der Waals surface area contributed by atoms with Crippen LogP contribution in [0.5, 0.6) is 0 Å². The fourth-order valence-corrected chi connectivity index (χ4v) is 2.03. The molecule has 2 unspecified atom stereocenters. The van der Waals surface area contributed by atoms with Gasteiger partial charge in [-0.3, -0.25) is 4.79 Å². The van der Waals surface area contributed by atoms with Gasteiger partial charge in [-0.1, -0.05) is 13.3 Å². The summed E-state index contributed by atoms with van der Waals surface area (Å²) in [4.78, 5) is 11.3. The molecule has 19 heavy (non-hydrogen) atoms. The van der Waals surface area contributed by atoms with E-state index in [9.17, 15) is 15.0 Å². The molecular weight excluding hydrogens is 244 g/mol. The van der Waals surface area contributed by atoms with Gasteiger partial charge in [-0.25, -0.2) is 0 Å². The van der Waals surface area contributed by atoms with Crippen molar-refractivity contribution in [1.29, 1.82) is 0 Å². The third kappa shape index (κ3) is 12.3. The summed E-state index contributed by atoms with van der Waals surface area (Å²) in [5.41, 5.74) is 0. The zero-order valence-electron chi connectivity index (χ0n) is 12.4. The fourth-order valence-electron chi connectivity index (χ4n) is 2.03. The molecule has 0 aromatic rings. The third-order valence-corrected chi connectivity index (χ3v) is 3.26. The van der Waals surface area contributed by atoms with Crippen molar-refractivity contribution in [1.82, 2.24) is 0 Å². The van der Waals surface area contributed by atoms with E-state index in [0.29, 0.717) is 44.5 Å². The van der Waals surface area contributed by atoms with E-state index < -0.39 is 0 Å². The number of methoxy groups -OCH3 is 1. The number of rotatable bonds is 13. The quantitative estimate of drug-likeness (QED) is 0.506. The zero-order chi connectivity index (χ0) is 14.5. The van der Waals surface area contributed by atoms with E-state index in [0.717, 1.165) is 25.7 Å². The Bertz CT molecular complexity index is 218. The van der Waals surface area contributed by atoms with Gasteiger partial charge in [-0.2, -0.15) is 0 Å². The van der Waals surface area contributed by atoms with Gasteiger partial charge in [0.15, 0.2) is 0 Å². The first-order valence-electron chi connectivity index (χ1n) is 7.46. The van der Waals surface area contributed by atoms with Crippen molar-refractivity contribution < 1.29 is 19.7 Å². The molecule has 0 fully saturated rings. The molecule has 0 heterocycles. The van der Waals surface area contributed by atoms with E-state index in [1.807, 2.05) is 6.92 Å². The number of carbonyl (C=O) groups is 1. The summed E-state index contributed by atoms with van der Waals surface area (Å²) in [6, 6.07) is 0. The number of aliphatic hydroxyl groups is 2. The van der Waals surface area contributed by atoms with Crippen LogP contribution in [0.4, 0.5) is 0 Å². The number of unbranched alkanes of at least 4 members (excludes halogenated alkanes) is 1. The first kappa shape index (κ1) is 18.6. The molecule has 114 valence electrons. The lowest BCUT2D eigenvalue weighted by atomic mass is 10.0. The van der Waals surface area contributed by atoms with E-state index in [1.165, 1.54) is 0 Å². The van der Waals surface area contributed by atoms with E-state index in [-0.39, 0.29) is 12.2 Å². The minimum Gasteiger partial charge on any atom is -0.393 e. The number of hydrogen-bond acceptors (Lipinski definition) is 4. The number of Topliss-reactive ketones (excluding diaryl/α,β-unsaturated/α-hetero) is 1. The third-order valence-electron chi connectivity index (χ3n) is 3.26. The van der Waals surface area contributed by atoms with Gasteiger partial charge in [0.05, 0.1) is 12.2 Å². The standard InChI is InChI=1S/C15H30O4/c1-3-6-13(16)7-4-5-8-14(17)9-10-15(18)11-12-19-2/h14-15,17-18H,3-12H2,1-2H3. The average Bonchev–Trinajstić information content (AvgIpc) is 2.39. The Morgan fingerprint density at radius 3 is 2.21 bits per heavy atom. The van der Waals surface area contributed by atoms with Crippen molar-refractivity contribution in [2.24, 2.45) is 0 Å². The normalized spacial score (nSPS) is 14.3. The van der Waals surface area contributed by atoms with Gasteiger partial charge < -0.3 is 14.9 Å². The number of ether oxygens (including phenoxy) is 1. The van der Waals surface area contributed by atoms with E-state index in [4.69, 9.17) is 4.74 Å². The molecule has 0 aromatic heterocycles. The molecule has 0 aromatic carbocycles. The number of aliphatic hydroxyl groups excluding tert-OH is 2. The van der Waals surface area contributed by atoms with Crippen LogP contribution in [0.15, 0.2) is 0 Å². The zero-order valence-corrected chi connectivity index (χ0v) is 12.4. The van der Waals surface area contributed by atoms with E-state index in [1.54, 1.807) is 7.11 Å².